The minimum atomic E-state index is -3.50. The Kier molecular flexibility index (Phi) is 6.71. The first-order valence-electron chi connectivity index (χ1n) is 9.12. The average Bonchev–Trinajstić information content (AvgIpc) is 3.22. The Bertz CT molecular complexity index is 893. The molecule has 0 unspecified atom stereocenters. The van der Waals surface area contributed by atoms with Crippen molar-refractivity contribution < 1.29 is 17.9 Å². The topological polar surface area (TPSA) is 79.0 Å². The Morgan fingerprint density at radius 1 is 1.21 bits per heavy atom. The van der Waals surface area contributed by atoms with Gasteiger partial charge in [-0.1, -0.05) is 30.3 Å². The van der Waals surface area contributed by atoms with Crippen molar-refractivity contribution >= 4 is 27.4 Å². The number of benzene rings is 1. The number of nitrogens with one attached hydrogen (secondary N) is 1. The molecule has 0 saturated carbocycles. The van der Waals surface area contributed by atoms with Gasteiger partial charge in [-0.05, 0) is 24.6 Å². The normalized spacial score (nSPS) is 16.5. The maximum atomic E-state index is 12.7. The van der Waals surface area contributed by atoms with Crippen molar-refractivity contribution in [3.05, 3.63) is 52.9 Å². The Balaban J connectivity index is 1.58. The molecule has 1 fully saturated rings. The average molecular weight is 424 g/mol. The van der Waals surface area contributed by atoms with Crippen molar-refractivity contribution in [3.63, 3.8) is 0 Å². The summed E-state index contributed by atoms with van der Waals surface area (Å²) in [6.07, 6.45) is 0. The molecule has 0 aliphatic carbocycles. The van der Waals surface area contributed by atoms with Gasteiger partial charge >= 0.3 is 6.03 Å². The van der Waals surface area contributed by atoms with Crippen molar-refractivity contribution in [1.29, 1.82) is 0 Å². The summed E-state index contributed by atoms with van der Waals surface area (Å²) in [6.45, 7) is 3.82. The summed E-state index contributed by atoms with van der Waals surface area (Å²) in [6, 6.07) is 12.9. The molecule has 7 nitrogen and oxygen atoms in total. The second-order valence-corrected chi connectivity index (χ2v) is 9.93. The maximum Gasteiger partial charge on any atom is 0.317 e. The van der Waals surface area contributed by atoms with Crippen LogP contribution in [-0.2, 0) is 21.3 Å². The minimum Gasteiger partial charge on any atom is -0.379 e. The van der Waals surface area contributed by atoms with Gasteiger partial charge in [-0.25, -0.2) is 13.2 Å². The number of urea groups is 1. The summed E-state index contributed by atoms with van der Waals surface area (Å²) >= 11 is 1.19. The highest BCUT2D eigenvalue weighted by Gasteiger charge is 2.27. The van der Waals surface area contributed by atoms with E-state index in [0.29, 0.717) is 30.5 Å². The predicted octanol–water partition coefficient (Wildman–Crippen LogP) is 2.67. The molecule has 0 radical (unpaired) electrons. The molecule has 28 heavy (non-hydrogen) atoms. The highest BCUT2D eigenvalue weighted by molar-refractivity contribution is 7.91. The molecule has 1 atom stereocenters. The molecular weight excluding hydrogens is 398 g/mol. The van der Waals surface area contributed by atoms with Crippen LogP contribution in [0.1, 0.15) is 23.4 Å². The lowest BCUT2D eigenvalue weighted by Gasteiger charge is -2.25. The first-order chi connectivity index (χ1) is 13.4. The van der Waals surface area contributed by atoms with Gasteiger partial charge in [0.15, 0.2) is 0 Å². The molecule has 2 heterocycles. The van der Waals surface area contributed by atoms with E-state index in [4.69, 9.17) is 4.74 Å². The van der Waals surface area contributed by atoms with E-state index in [1.807, 2.05) is 37.3 Å². The quantitative estimate of drug-likeness (QED) is 0.775. The lowest BCUT2D eigenvalue weighted by atomic mass is 10.1. The first-order valence-corrected chi connectivity index (χ1v) is 11.4. The van der Waals surface area contributed by atoms with Gasteiger partial charge in [-0.3, -0.25) is 0 Å². The third kappa shape index (κ3) is 4.72. The Morgan fingerprint density at radius 3 is 2.57 bits per heavy atom. The van der Waals surface area contributed by atoms with Crippen molar-refractivity contribution in [2.75, 3.05) is 33.4 Å². The molecule has 1 aliphatic heterocycles. The fourth-order valence-corrected chi connectivity index (χ4v) is 5.78. The molecule has 1 aromatic heterocycles. The SMILES string of the molecule is C[C@@H](c1ccccc1)N(C)C(=O)NCc1ccc(S(=O)(=O)N2CCOCC2)s1. The van der Waals surface area contributed by atoms with Crippen molar-refractivity contribution in [2.45, 2.75) is 23.7 Å². The molecule has 2 amide bonds. The lowest BCUT2D eigenvalue weighted by Crippen LogP contribution is -2.40. The number of carbonyl (C=O) groups excluding carboxylic acids is 1. The summed E-state index contributed by atoms with van der Waals surface area (Å²) in [5, 5.41) is 2.86. The van der Waals surface area contributed by atoms with Crippen LogP contribution >= 0.6 is 11.3 Å². The predicted molar refractivity (Wildman–Crippen MR) is 109 cm³/mol. The van der Waals surface area contributed by atoms with Gasteiger partial charge in [0, 0.05) is 25.0 Å². The number of nitrogens with zero attached hydrogens (tertiary/aromatic N) is 2. The third-order valence-electron chi connectivity index (χ3n) is 4.80. The van der Waals surface area contributed by atoms with E-state index >= 15 is 0 Å². The van der Waals surface area contributed by atoms with E-state index in [2.05, 4.69) is 5.32 Å². The van der Waals surface area contributed by atoms with E-state index in [-0.39, 0.29) is 18.6 Å². The molecule has 0 spiro atoms. The Morgan fingerprint density at radius 2 is 1.89 bits per heavy atom. The molecule has 1 saturated heterocycles. The molecule has 0 bridgehead atoms. The number of amides is 2. The van der Waals surface area contributed by atoms with E-state index in [9.17, 15) is 13.2 Å². The van der Waals surface area contributed by atoms with Crippen molar-refractivity contribution in [2.24, 2.45) is 0 Å². The van der Waals surface area contributed by atoms with Crippen LogP contribution in [0.15, 0.2) is 46.7 Å². The largest absolute Gasteiger partial charge is 0.379 e. The van der Waals surface area contributed by atoms with Gasteiger partial charge in [0.25, 0.3) is 10.0 Å². The van der Waals surface area contributed by atoms with Crippen LogP contribution < -0.4 is 5.32 Å². The van der Waals surface area contributed by atoms with Crippen molar-refractivity contribution in [1.82, 2.24) is 14.5 Å². The molecule has 9 heteroatoms. The number of morpholine rings is 1. The Labute approximate surface area is 170 Å². The zero-order valence-corrected chi connectivity index (χ0v) is 17.6. The van der Waals surface area contributed by atoms with Gasteiger partial charge in [0.1, 0.15) is 4.21 Å². The number of thiophene rings is 1. The monoisotopic (exact) mass is 423 g/mol. The van der Waals surface area contributed by atoms with E-state index < -0.39 is 10.0 Å². The fourth-order valence-electron chi connectivity index (χ4n) is 2.92. The van der Waals surface area contributed by atoms with E-state index in [0.717, 1.165) is 10.4 Å². The number of sulfonamides is 1. The van der Waals surface area contributed by atoms with Crippen LogP contribution in [0.5, 0.6) is 0 Å². The zero-order valence-electron chi connectivity index (χ0n) is 16.0. The smallest absolute Gasteiger partial charge is 0.317 e. The van der Waals surface area contributed by atoms with Crippen LogP contribution in [0.4, 0.5) is 4.79 Å². The van der Waals surface area contributed by atoms with Gasteiger partial charge in [0.05, 0.1) is 25.8 Å². The van der Waals surface area contributed by atoms with Crippen LogP contribution in [-0.4, -0.2) is 57.0 Å². The number of ether oxygens (including phenoxy) is 1. The first kappa shape index (κ1) is 20.8. The highest BCUT2D eigenvalue weighted by atomic mass is 32.2. The molecule has 3 rings (SSSR count). The van der Waals surface area contributed by atoms with Gasteiger partial charge in [-0.2, -0.15) is 4.31 Å². The fraction of sp³-hybridized carbons (Fsp3) is 0.421. The van der Waals surface area contributed by atoms with Crippen LogP contribution in [0.3, 0.4) is 0 Å². The standard InChI is InChI=1S/C19H25N3O4S2/c1-15(16-6-4-3-5-7-16)21(2)19(23)20-14-17-8-9-18(27-17)28(24,25)22-10-12-26-13-11-22/h3-9,15H,10-14H2,1-2H3,(H,20,23)/t15-/m0/s1. The Hall–Kier alpha value is -1.94. The zero-order chi connectivity index (χ0) is 20.1. The molecule has 1 aliphatic rings. The van der Waals surface area contributed by atoms with Crippen LogP contribution in [0, 0.1) is 0 Å². The number of carbonyl (C=O) groups is 1. The van der Waals surface area contributed by atoms with Gasteiger partial charge in [0.2, 0.25) is 0 Å². The second-order valence-electron chi connectivity index (χ2n) is 6.59. The minimum absolute atomic E-state index is 0.0678. The summed E-state index contributed by atoms with van der Waals surface area (Å²) in [7, 11) is -1.75. The lowest BCUT2D eigenvalue weighted by molar-refractivity contribution is 0.0731. The molecule has 1 N–H and O–H groups in total. The van der Waals surface area contributed by atoms with Gasteiger partial charge < -0.3 is 15.0 Å². The number of hydrogen-bond acceptors (Lipinski definition) is 5. The van der Waals surface area contributed by atoms with Crippen LogP contribution in [0.25, 0.3) is 0 Å². The number of rotatable bonds is 6. The van der Waals surface area contributed by atoms with Gasteiger partial charge in [-0.15, -0.1) is 11.3 Å². The van der Waals surface area contributed by atoms with Crippen LogP contribution in [0.2, 0.25) is 0 Å². The molecule has 152 valence electrons. The van der Waals surface area contributed by atoms with E-state index in [1.165, 1.54) is 15.6 Å². The summed E-state index contributed by atoms with van der Waals surface area (Å²) in [5.74, 6) is 0. The summed E-state index contributed by atoms with van der Waals surface area (Å²) in [4.78, 5) is 14.9. The second kappa shape index (κ2) is 9.04. The molecular formula is C19H25N3O4S2. The summed E-state index contributed by atoms with van der Waals surface area (Å²) in [5.41, 5.74) is 1.05. The molecule has 2 aromatic rings. The molecule has 1 aromatic carbocycles. The third-order valence-corrected chi connectivity index (χ3v) is 8.25. The summed E-state index contributed by atoms with van der Waals surface area (Å²) < 4.78 is 32.3. The van der Waals surface area contributed by atoms with Crippen molar-refractivity contribution in [3.8, 4) is 0 Å². The maximum absolute atomic E-state index is 12.7. The van der Waals surface area contributed by atoms with E-state index in [1.54, 1.807) is 24.1 Å². The number of hydrogen-bond donors (Lipinski definition) is 1. The highest BCUT2D eigenvalue weighted by Crippen LogP contribution is 2.26.